The van der Waals surface area contributed by atoms with Crippen molar-refractivity contribution < 1.29 is 28.6 Å². The third-order valence-corrected chi connectivity index (χ3v) is 12.3. The first-order chi connectivity index (χ1) is 28.8. The van der Waals surface area contributed by atoms with Gasteiger partial charge in [-0.2, -0.15) is 0 Å². The summed E-state index contributed by atoms with van der Waals surface area (Å²) in [5, 5.41) is 0. The maximum Gasteiger partial charge on any atom is 0.306 e. The predicted molar refractivity (Wildman–Crippen MR) is 252 cm³/mol. The zero-order valence-electron chi connectivity index (χ0n) is 40.4. The van der Waals surface area contributed by atoms with Gasteiger partial charge in [0, 0.05) is 19.3 Å². The van der Waals surface area contributed by atoms with E-state index in [4.69, 9.17) is 14.2 Å². The molecule has 0 heterocycles. The van der Waals surface area contributed by atoms with Gasteiger partial charge in [-0.3, -0.25) is 14.4 Å². The summed E-state index contributed by atoms with van der Waals surface area (Å²) in [7, 11) is 0. The van der Waals surface area contributed by atoms with E-state index in [2.05, 4.69) is 34.6 Å². The second kappa shape index (κ2) is 45.9. The number of carbonyl (C=O) groups excluding carboxylic acids is 3. The van der Waals surface area contributed by atoms with Crippen LogP contribution < -0.4 is 0 Å². The van der Waals surface area contributed by atoms with Crippen LogP contribution in [-0.4, -0.2) is 37.2 Å². The lowest BCUT2D eigenvalue weighted by Crippen LogP contribution is -2.30. The van der Waals surface area contributed by atoms with Crippen LogP contribution in [0.3, 0.4) is 0 Å². The van der Waals surface area contributed by atoms with Crippen LogP contribution in [-0.2, 0) is 28.6 Å². The monoisotopic (exact) mass is 835 g/mol. The number of hydrogen-bond donors (Lipinski definition) is 0. The van der Waals surface area contributed by atoms with Gasteiger partial charge >= 0.3 is 17.9 Å². The van der Waals surface area contributed by atoms with E-state index in [-0.39, 0.29) is 31.1 Å². The van der Waals surface area contributed by atoms with Crippen LogP contribution in [0.25, 0.3) is 0 Å². The third kappa shape index (κ3) is 45.8. The first-order valence-electron chi connectivity index (χ1n) is 26.3. The topological polar surface area (TPSA) is 78.9 Å². The Hall–Kier alpha value is -1.59. The summed E-state index contributed by atoms with van der Waals surface area (Å²) >= 11 is 0. The fourth-order valence-electron chi connectivity index (χ4n) is 7.96. The van der Waals surface area contributed by atoms with E-state index in [1.54, 1.807) is 0 Å². The van der Waals surface area contributed by atoms with E-state index in [0.717, 1.165) is 69.6 Å². The van der Waals surface area contributed by atoms with Gasteiger partial charge in [0.15, 0.2) is 6.10 Å². The van der Waals surface area contributed by atoms with E-state index in [1.807, 2.05) is 0 Å². The lowest BCUT2D eigenvalue weighted by molar-refractivity contribution is -0.167. The Labute approximate surface area is 368 Å². The average molecular weight is 835 g/mol. The molecule has 0 aliphatic heterocycles. The largest absolute Gasteiger partial charge is 0.462 e. The summed E-state index contributed by atoms with van der Waals surface area (Å²) in [6.45, 7) is 11.4. The van der Waals surface area contributed by atoms with Crippen molar-refractivity contribution in [2.75, 3.05) is 13.2 Å². The molecule has 1 unspecified atom stereocenters. The molecule has 0 spiro atoms. The fraction of sp³-hybridized carbons (Fsp3) is 0.943. The van der Waals surface area contributed by atoms with Gasteiger partial charge in [-0.15, -0.1) is 0 Å². The Balaban J connectivity index is 4.26. The fourth-order valence-corrected chi connectivity index (χ4v) is 7.96. The van der Waals surface area contributed by atoms with Gasteiger partial charge in [-0.05, 0) is 31.1 Å². The van der Waals surface area contributed by atoms with E-state index in [0.29, 0.717) is 19.3 Å². The number of esters is 3. The average Bonchev–Trinajstić information content (AvgIpc) is 3.22. The van der Waals surface area contributed by atoms with Gasteiger partial charge in [-0.1, -0.05) is 253 Å². The minimum atomic E-state index is -0.762. The Kier molecular flexibility index (Phi) is 44.7. The molecule has 0 aromatic heterocycles. The van der Waals surface area contributed by atoms with Gasteiger partial charge in [-0.25, -0.2) is 0 Å². The molecule has 0 saturated carbocycles. The van der Waals surface area contributed by atoms with Crippen molar-refractivity contribution in [1.29, 1.82) is 0 Å². The van der Waals surface area contributed by atoms with Crippen molar-refractivity contribution >= 4 is 17.9 Å². The molecular weight excluding hydrogens is 733 g/mol. The lowest BCUT2D eigenvalue weighted by Gasteiger charge is -2.18. The zero-order chi connectivity index (χ0) is 43.3. The van der Waals surface area contributed by atoms with Crippen LogP contribution in [0.4, 0.5) is 0 Å². The van der Waals surface area contributed by atoms with Crippen molar-refractivity contribution in [2.24, 2.45) is 11.8 Å². The van der Waals surface area contributed by atoms with Crippen LogP contribution in [0, 0.1) is 11.8 Å². The Morgan fingerprint density at radius 3 is 0.966 bits per heavy atom. The summed E-state index contributed by atoms with van der Waals surface area (Å²) in [5.74, 6) is 0.814. The smallest absolute Gasteiger partial charge is 0.306 e. The van der Waals surface area contributed by atoms with E-state index in [1.165, 1.54) is 180 Å². The Morgan fingerprint density at radius 2 is 0.644 bits per heavy atom. The predicted octanol–water partition coefficient (Wildman–Crippen LogP) is 16.9. The maximum atomic E-state index is 12.8. The molecule has 6 nitrogen and oxygen atoms in total. The number of ether oxygens (including phenoxy) is 3. The van der Waals surface area contributed by atoms with E-state index in [9.17, 15) is 14.4 Å². The molecule has 0 rings (SSSR count). The highest BCUT2D eigenvalue weighted by Crippen LogP contribution is 2.18. The zero-order valence-corrected chi connectivity index (χ0v) is 40.4. The summed E-state index contributed by atoms with van der Waals surface area (Å²) in [6.07, 6.45) is 46.6. The number of carbonyl (C=O) groups is 3. The second-order valence-corrected chi connectivity index (χ2v) is 18.9. The van der Waals surface area contributed by atoms with Crippen molar-refractivity contribution in [1.82, 2.24) is 0 Å². The number of unbranched alkanes of at least 4 members (excludes halogenated alkanes) is 31. The van der Waals surface area contributed by atoms with Crippen LogP contribution in [0.15, 0.2) is 0 Å². The van der Waals surface area contributed by atoms with Crippen molar-refractivity contribution in [3.05, 3.63) is 0 Å². The van der Waals surface area contributed by atoms with Gasteiger partial charge in [0.2, 0.25) is 0 Å². The molecule has 6 heteroatoms. The van der Waals surface area contributed by atoms with Crippen LogP contribution in [0.1, 0.15) is 291 Å². The minimum Gasteiger partial charge on any atom is -0.462 e. The van der Waals surface area contributed by atoms with E-state index < -0.39 is 6.10 Å². The number of hydrogen-bond acceptors (Lipinski definition) is 6. The third-order valence-electron chi connectivity index (χ3n) is 12.3. The molecule has 0 radical (unpaired) electrons. The summed E-state index contributed by atoms with van der Waals surface area (Å²) in [6, 6.07) is 0. The molecule has 0 aliphatic rings. The second-order valence-electron chi connectivity index (χ2n) is 18.9. The molecule has 2 atom stereocenters. The summed E-state index contributed by atoms with van der Waals surface area (Å²) in [5.41, 5.74) is 0. The molecule has 350 valence electrons. The van der Waals surface area contributed by atoms with Gasteiger partial charge < -0.3 is 14.2 Å². The lowest BCUT2D eigenvalue weighted by atomic mass is 10.00. The quantitative estimate of drug-likeness (QED) is 0.0345. The van der Waals surface area contributed by atoms with E-state index >= 15 is 0 Å². The molecule has 0 aromatic carbocycles. The first-order valence-corrected chi connectivity index (χ1v) is 26.3. The van der Waals surface area contributed by atoms with Gasteiger partial charge in [0.05, 0.1) is 0 Å². The molecule has 0 fully saturated rings. The molecule has 59 heavy (non-hydrogen) atoms. The Bertz CT molecular complexity index is 902. The van der Waals surface area contributed by atoms with Gasteiger partial charge in [0.1, 0.15) is 13.2 Å². The van der Waals surface area contributed by atoms with Crippen molar-refractivity contribution in [3.63, 3.8) is 0 Å². The van der Waals surface area contributed by atoms with Crippen LogP contribution in [0.2, 0.25) is 0 Å². The highest BCUT2D eigenvalue weighted by molar-refractivity contribution is 5.71. The SMILES string of the molecule is CCCCCCCCCCCCCCCC(=O)O[C@@H](COC(=O)CCCCCCCCCCCCCCCCCC(C)C)COC(=O)CCCCCCCCC(C)CC. The maximum absolute atomic E-state index is 12.8. The normalized spacial score (nSPS) is 12.5. The highest BCUT2D eigenvalue weighted by Gasteiger charge is 2.19. The molecule has 0 N–H and O–H groups in total. The standard InChI is InChI=1S/C53H102O6/c1-6-8-9-10-11-12-13-17-22-25-28-35-40-45-53(56)59-50(47-58-52(55)44-39-34-30-29-32-37-42-49(5)7-2)46-57-51(54)43-38-33-27-24-21-19-16-14-15-18-20-23-26-31-36-41-48(3)4/h48-50H,6-47H2,1-5H3/t49?,50-/m0/s1. The summed E-state index contributed by atoms with van der Waals surface area (Å²) < 4.78 is 16.8. The molecule has 0 bridgehead atoms. The van der Waals surface area contributed by atoms with Gasteiger partial charge in [0.25, 0.3) is 0 Å². The van der Waals surface area contributed by atoms with Crippen LogP contribution >= 0.6 is 0 Å². The summed E-state index contributed by atoms with van der Waals surface area (Å²) in [4.78, 5) is 37.9. The molecule has 0 aromatic rings. The molecular formula is C53H102O6. The first kappa shape index (κ1) is 57.4. The molecule has 0 aliphatic carbocycles. The molecule has 0 saturated heterocycles. The minimum absolute atomic E-state index is 0.0641. The molecule has 0 amide bonds. The highest BCUT2D eigenvalue weighted by atomic mass is 16.6. The number of rotatable bonds is 47. The van der Waals surface area contributed by atoms with Crippen LogP contribution in [0.5, 0.6) is 0 Å². The van der Waals surface area contributed by atoms with Crippen molar-refractivity contribution in [3.8, 4) is 0 Å². The van der Waals surface area contributed by atoms with Crippen molar-refractivity contribution in [2.45, 2.75) is 298 Å². The Morgan fingerprint density at radius 1 is 0.356 bits per heavy atom.